The standard InChI is InChI=1S/C43H49ClF2N6O8S/c1-59-34-16-15-30-35(22-32(48-38(30)37(34)44)31-12-7-8-18-47-31)60-28-21-33-39(54)49-43(41(56)50-61(57,58)29-13-14-29)23-27(43)11-6-4-2-3-5-10-26(40(55)52(33)24-28)20-36(53)51-19-9-17-42(45,46)25-51/h6-8,11-12,15-16,18,22,26-29,33H,2-5,9-10,13-14,17,19-21,23-25H2,1H3,(H,49,54)(H,50,56)/t26-,27-,28-,33+,43-/m1/s1. The normalized spacial score (nSPS) is 27.0. The van der Waals surface area contributed by atoms with Gasteiger partial charge in [0.2, 0.25) is 27.7 Å². The summed E-state index contributed by atoms with van der Waals surface area (Å²) in [5.74, 6) is -6.33. The van der Waals surface area contributed by atoms with Crippen molar-refractivity contribution in [2.24, 2.45) is 11.8 Å². The van der Waals surface area contributed by atoms with E-state index in [1.807, 2.05) is 12.2 Å². The number of halogens is 3. The van der Waals surface area contributed by atoms with Crippen LogP contribution in [0.5, 0.6) is 11.5 Å². The van der Waals surface area contributed by atoms with Crippen LogP contribution in [-0.2, 0) is 29.2 Å². The van der Waals surface area contributed by atoms with Gasteiger partial charge in [-0.2, -0.15) is 0 Å². The van der Waals surface area contributed by atoms with Crippen LogP contribution in [0.3, 0.4) is 0 Å². The predicted octanol–water partition coefficient (Wildman–Crippen LogP) is 5.57. The maximum absolute atomic E-state index is 14.8. The number of methoxy groups -OCH3 is 1. The number of hydrogen-bond donors (Lipinski definition) is 2. The van der Waals surface area contributed by atoms with Crippen molar-refractivity contribution in [1.82, 2.24) is 29.8 Å². The third-order valence-electron chi connectivity index (χ3n) is 12.4. The highest BCUT2D eigenvalue weighted by Gasteiger charge is 2.62. The van der Waals surface area contributed by atoms with Crippen molar-refractivity contribution >= 4 is 56.2 Å². The second kappa shape index (κ2) is 17.1. The highest BCUT2D eigenvalue weighted by atomic mass is 35.5. The second-order valence-electron chi connectivity index (χ2n) is 16.9. The Kier molecular flexibility index (Phi) is 12.0. The van der Waals surface area contributed by atoms with Gasteiger partial charge in [-0.15, -0.1) is 0 Å². The number of fused-ring (bicyclic) bond motifs is 3. The molecule has 8 rings (SSSR count). The number of piperidine rings is 1. The lowest BCUT2D eigenvalue weighted by atomic mass is 9.94. The zero-order chi connectivity index (χ0) is 43.1. The summed E-state index contributed by atoms with van der Waals surface area (Å²) in [7, 11) is -2.47. The molecule has 2 N–H and O–H groups in total. The fourth-order valence-corrected chi connectivity index (χ4v) is 10.4. The molecule has 61 heavy (non-hydrogen) atoms. The van der Waals surface area contributed by atoms with Crippen molar-refractivity contribution in [3.05, 3.63) is 59.8 Å². The number of carbonyl (C=O) groups excluding carboxylic acids is 4. The third kappa shape index (κ3) is 9.18. The Hall–Kier alpha value is -4.90. The SMILES string of the molecule is COc1ccc2c(O[C@@H]3C[C@H]4C(=O)N[C@]5(C(=O)NS(=O)(=O)C6CC6)C[C@H]5C=CCCCCC[C@H](CC(=O)N5CCCC(F)(F)C5)C(=O)N4C3)cc(-c3ccccn3)nc2c1Cl. The van der Waals surface area contributed by atoms with Gasteiger partial charge < -0.3 is 24.6 Å². The summed E-state index contributed by atoms with van der Waals surface area (Å²) in [5.41, 5.74) is -0.248. The third-order valence-corrected chi connectivity index (χ3v) is 14.6. The van der Waals surface area contributed by atoms with Crippen LogP contribution in [0.25, 0.3) is 22.3 Å². The molecule has 18 heteroatoms. The first-order valence-electron chi connectivity index (χ1n) is 20.9. The van der Waals surface area contributed by atoms with Crippen LogP contribution in [-0.4, -0.2) is 107 Å². The van der Waals surface area contributed by atoms with Crippen molar-refractivity contribution in [3.63, 3.8) is 0 Å². The molecular weight excluding hydrogens is 834 g/mol. The van der Waals surface area contributed by atoms with Crippen LogP contribution < -0.4 is 19.5 Å². The first kappa shape index (κ1) is 42.8. The van der Waals surface area contributed by atoms with Gasteiger partial charge >= 0.3 is 0 Å². The molecular formula is C43H49ClF2N6O8S. The zero-order valence-electron chi connectivity index (χ0n) is 33.8. The average Bonchev–Trinajstić information content (AvgIpc) is 4.16. The van der Waals surface area contributed by atoms with E-state index in [0.29, 0.717) is 65.9 Å². The molecule has 0 spiro atoms. The van der Waals surface area contributed by atoms with Gasteiger partial charge in [-0.3, -0.25) is 28.9 Å². The summed E-state index contributed by atoms with van der Waals surface area (Å²) in [6.07, 6.45) is 7.96. The Morgan fingerprint density at radius 2 is 1.87 bits per heavy atom. The number of amides is 4. The molecule has 5 heterocycles. The number of rotatable bonds is 9. The minimum absolute atomic E-state index is 0.0399. The molecule has 1 aromatic carbocycles. The molecule has 3 aromatic rings. The maximum atomic E-state index is 14.8. The Balaban J connectivity index is 1.14. The van der Waals surface area contributed by atoms with Crippen molar-refractivity contribution < 1.29 is 45.9 Å². The number of alkyl halides is 2. The Morgan fingerprint density at radius 1 is 1.05 bits per heavy atom. The van der Waals surface area contributed by atoms with E-state index in [1.54, 1.807) is 42.6 Å². The summed E-state index contributed by atoms with van der Waals surface area (Å²) < 4.78 is 69.1. The molecule has 0 unspecified atom stereocenters. The molecule has 14 nitrogen and oxygen atoms in total. The summed E-state index contributed by atoms with van der Waals surface area (Å²) >= 11 is 6.78. The van der Waals surface area contributed by atoms with E-state index in [4.69, 9.17) is 26.1 Å². The number of likely N-dealkylation sites (tertiary alicyclic amines) is 1. The Morgan fingerprint density at radius 3 is 2.61 bits per heavy atom. The first-order chi connectivity index (χ1) is 29.2. The molecule has 0 bridgehead atoms. The van der Waals surface area contributed by atoms with Gasteiger partial charge in [-0.05, 0) is 69.2 Å². The van der Waals surface area contributed by atoms with Crippen LogP contribution in [0, 0.1) is 11.8 Å². The highest BCUT2D eigenvalue weighted by Crippen LogP contribution is 2.46. The molecule has 2 saturated carbocycles. The van der Waals surface area contributed by atoms with Crippen LogP contribution in [0.1, 0.15) is 77.0 Å². The number of nitrogens with zero attached hydrogens (tertiary/aromatic N) is 4. The van der Waals surface area contributed by atoms with Crippen LogP contribution >= 0.6 is 11.6 Å². The first-order valence-corrected chi connectivity index (χ1v) is 22.9. The average molecular weight is 883 g/mol. The summed E-state index contributed by atoms with van der Waals surface area (Å²) in [6.45, 7) is -0.666. The summed E-state index contributed by atoms with van der Waals surface area (Å²) in [4.78, 5) is 68.7. The van der Waals surface area contributed by atoms with Crippen molar-refractivity contribution in [2.45, 2.75) is 106 Å². The van der Waals surface area contributed by atoms with Gasteiger partial charge in [0.05, 0.1) is 42.4 Å². The monoisotopic (exact) mass is 882 g/mol. The second-order valence-corrected chi connectivity index (χ2v) is 19.2. The van der Waals surface area contributed by atoms with Gasteiger partial charge in [0, 0.05) is 55.3 Å². The predicted molar refractivity (Wildman–Crippen MR) is 221 cm³/mol. The number of hydrogen-bond acceptors (Lipinski definition) is 10. The van der Waals surface area contributed by atoms with E-state index < -0.39 is 80.9 Å². The van der Waals surface area contributed by atoms with E-state index in [-0.39, 0.29) is 56.6 Å². The van der Waals surface area contributed by atoms with E-state index in [2.05, 4.69) is 15.0 Å². The zero-order valence-corrected chi connectivity index (χ0v) is 35.4. The number of sulfonamides is 1. The lowest BCUT2D eigenvalue weighted by Gasteiger charge is -2.34. The lowest BCUT2D eigenvalue weighted by Crippen LogP contribution is -2.57. The lowest BCUT2D eigenvalue weighted by molar-refractivity contribution is -0.148. The number of aromatic nitrogens is 2. The van der Waals surface area contributed by atoms with E-state index >= 15 is 0 Å². The van der Waals surface area contributed by atoms with Gasteiger partial charge in [-0.25, -0.2) is 22.2 Å². The summed E-state index contributed by atoms with van der Waals surface area (Å²) in [5, 5.41) is 2.95. The fraction of sp³-hybridized carbons (Fsp3) is 0.535. The smallest absolute Gasteiger partial charge is 0.265 e. The van der Waals surface area contributed by atoms with Crippen molar-refractivity contribution in [1.29, 1.82) is 0 Å². The number of ether oxygens (including phenoxy) is 2. The van der Waals surface area contributed by atoms with Crippen LogP contribution in [0.4, 0.5) is 8.78 Å². The molecule has 3 aliphatic heterocycles. The molecule has 4 amide bonds. The topological polar surface area (TPSA) is 177 Å². The number of allylic oxidation sites excluding steroid dienone is 1. The molecule has 5 atom stereocenters. The van der Waals surface area contributed by atoms with E-state index in [9.17, 15) is 36.4 Å². The maximum Gasteiger partial charge on any atom is 0.265 e. The molecule has 2 aliphatic carbocycles. The van der Waals surface area contributed by atoms with Crippen LogP contribution in [0.15, 0.2) is 54.7 Å². The Labute approximate surface area is 357 Å². The Bertz CT molecular complexity index is 2350. The summed E-state index contributed by atoms with van der Waals surface area (Å²) in [6, 6.07) is 9.24. The number of pyridine rings is 2. The number of carbonyl (C=O) groups is 4. The van der Waals surface area contributed by atoms with Gasteiger partial charge in [0.15, 0.2) is 0 Å². The molecule has 2 aromatic heterocycles. The van der Waals surface area contributed by atoms with E-state index in [1.165, 1.54) is 12.0 Å². The van der Waals surface area contributed by atoms with Gasteiger partial charge in [0.1, 0.15) is 34.2 Å². The largest absolute Gasteiger partial charge is 0.495 e. The van der Waals surface area contributed by atoms with Gasteiger partial charge in [0.25, 0.3) is 11.8 Å². The van der Waals surface area contributed by atoms with Crippen molar-refractivity contribution in [3.8, 4) is 22.9 Å². The molecule has 5 aliphatic rings. The van der Waals surface area contributed by atoms with Gasteiger partial charge in [-0.1, -0.05) is 42.7 Å². The minimum Gasteiger partial charge on any atom is -0.495 e. The number of nitrogens with one attached hydrogen (secondary N) is 2. The fourth-order valence-electron chi connectivity index (χ4n) is 8.79. The molecule has 4 fully saturated rings. The quantitative estimate of drug-likeness (QED) is 0.258. The molecule has 0 radical (unpaired) electrons. The molecule has 326 valence electrons. The van der Waals surface area contributed by atoms with E-state index in [0.717, 1.165) is 11.3 Å². The minimum atomic E-state index is -3.95. The highest BCUT2D eigenvalue weighted by molar-refractivity contribution is 7.91. The van der Waals surface area contributed by atoms with Crippen LogP contribution in [0.2, 0.25) is 5.02 Å². The van der Waals surface area contributed by atoms with Crippen molar-refractivity contribution in [2.75, 3.05) is 26.7 Å². The number of benzene rings is 1. The molecule has 2 saturated heterocycles.